The van der Waals surface area contributed by atoms with Gasteiger partial charge in [-0.1, -0.05) is 11.6 Å². The van der Waals surface area contributed by atoms with Crippen LogP contribution in [0.5, 0.6) is 5.75 Å². The van der Waals surface area contributed by atoms with Gasteiger partial charge in [-0.05, 0) is 49.4 Å². The van der Waals surface area contributed by atoms with Crippen LogP contribution in [0.1, 0.15) is 17.3 Å². The second-order valence-corrected chi connectivity index (χ2v) is 5.17. The molecular weight excluding hydrogens is 323 g/mol. The van der Waals surface area contributed by atoms with Crippen molar-refractivity contribution in [2.24, 2.45) is 5.73 Å². The lowest BCUT2D eigenvalue weighted by Gasteiger charge is -2.15. The van der Waals surface area contributed by atoms with Gasteiger partial charge in [-0.2, -0.15) is 0 Å². The van der Waals surface area contributed by atoms with Crippen molar-refractivity contribution in [2.75, 3.05) is 5.32 Å². The molecular formula is C16H14ClFN2O3. The highest BCUT2D eigenvalue weighted by Gasteiger charge is 2.16. The van der Waals surface area contributed by atoms with Crippen LogP contribution >= 0.6 is 11.6 Å². The van der Waals surface area contributed by atoms with Gasteiger partial charge in [0, 0.05) is 11.3 Å². The van der Waals surface area contributed by atoms with E-state index in [-0.39, 0.29) is 10.8 Å². The van der Waals surface area contributed by atoms with Gasteiger partial charge in [-0.3, -0.25) is 9.59 Å². The number of hydrogen-bond acceptors (Lipinski definition) is 3. The molecule has 120 valence electrons. The summed E-state index contributed by atoms with van der Waals surface area (Å²) < 4.78 is 18.4. The molecule has 5 nitrogen and oxygen atoms in total. The van der Waals surface area contributed by atoms with E-state index in [9.17, 15) is 14.0 Å². The van der Waals surface area contributed by atoms with Crippen molar-refractivity contribution in [3.05, 3.63) is 58.9 Å². The smallest absolute Gasteiger partial charge is 0.265 e. The summed E-state index contributed by atoms with van der Waals surface area (Å²) in [6, 6.07) is 9.74. The van der Waals surface area contributed by atoms with E-state index < -0.39 is 23.7 Å². The Morgan fingerprint density at radius 1 is 1.22 bits per heavy atom. The fourth-order valence-electron chi connectivity index (χ4n) is 1.78. The molecule has 0 saturated heterocycles. The molecule has 0 spiro atoms. The van der Waals surface area contributed by atoms with Crippen molar-refractivity contribution in [3.8, 4) is 5.75 Å². The number of nitrogens with two attached hydrogens (primary N) is 1. The molecule has 7 heteroatoms. The molecule has 0 saturated carbocycles. The molecule has 2 rings (SSSR count). The Morgan fingerprint density at radius 2 is 1.87 bits per heavy atom. The van der Waals surface area contributed by atoms with E-state index >= 15 is 0 Å². The molecule has 2 aromatic carbocycles. The number of nitrogens with one attached hydrogen (secondary N) is 1. The highest BCUT2D eigenvalue weighted by atomic mass is 35.5. The number of amides is 2. The fraction of sp³-hybridized carbons (Fsp3) is 0.125. The normalized spacial score (nSPS) is 11.6. The molecule has 3 N–H and O–H groups in total. The van der Waals surface area contributed by atoms with Crippen LogP contribution in [0.3, 0.4) is 0 Å². The van der Waals surface area contributed by atoms with Crippen LogP contribution in [-0.4, -0.2) is 17.9 Å². The van der Waals surface area contributed by atoms with Gasteiger partial charge in [0.15, 0.2) is 6.10 Å². The third-order valence-electron chi connectivity index (χ3n) is 3.00. The lowest BCUT2D eigenvalue weighted by molar-refractivity contribution is -0.122. The molecule has 0 heterocycles. The number of halogens is 2. The Balaban J connectivity index is 2.00. The Kier molecular flexibility index (Phi) is 5.18. The van der Waals surface area contributed by atoms with Crippen LogP contribution in [0.4, 0.5) is 10.1 Å². The summed E-state index contributed by atoms with van der Waals surface area (Å²) in [7, 11) is 0. The molecule has 0 aliphatic heterocycles. The maximum atomic E-state index is 13.0. The summed E-state index contributed by atoms with van der Waals surface area (Å²) in [5.74, 6) is -1.25. The van der Waals surface area contributed by atoms with Crippen molar-refractivity contribution in [3.63, 3.8) is 0 Å². The topological polar surface area (TPSA) is 81.4 Å². The fourth-order valence-corrected chi connectivity index (χ4v) is 1.99. The molecule has 2 aromatic rings. The van der Waals surface area contributed by atoms with Crippen molar-refractivity contribution in [2.45, 2.75) is 13.0 Å². The number of hydrogen-bond donors (Lipinski definition) is 2. The van der Waals surface area contributed by atoms with Gasteiger partial charge in [0.1, 0.15) is 11.6 Å². The Morgan fingerprint density at radius 3 is 2.43 bits per heavy atom. The van der Waals surface area contributed by atoms with Gasteiger partial charge < -0.3 is 15.8 Å². The molecule has 0 aromatic heterocycles. The number of anilines is 1. The second-order valence-electron chi connectivity index (χ2n) is 4.77. The molecule has 23 heavy (non-hydrogen) atoms. The van der Waals surface area contributed by atoms with E-state index in [4.69, 9.17) is 22.1 Å². The summed E-state index contributed by atoms with van der Waals surface area (Å²) in [5.41, 5.74) is 5.96. The second kappa shape index (κ2) is 7.11. The molecule has 0 radical (unpaired) electrons. The minimum atomic E-state index is -0.853. The molecule has 0 bridgehead atoms. The summed E-state index contributed by atoms with van der Waals surface area (Å²) in [6.45, 7) is 1.53. The molecule has 0 aliphatic carbocycles. The monoisotopic (exact) mass is 336 g/mol. The minimum absolute atomic E-state index is 0.0791. The van der Waals surface area contributed by atoms with E-state index in [1.807, 2.05) is 0 Å². The van der Waals surface area contributed by atoms with E-state index in [0.29, 0.717) is 11.3 Å². The first-order chi connectivity index (χ1) is 10.9. The van der Waals surface area contributed by atoms with Gasteiger partial charge in [0.25, 0.3) is 5.91 Å². The van der Waals surface area contributed by atoms with Crippen LogP contribution in [0.2, 0.25) is 5.02 Å². The first-order valence-electron chi connectivity index (χ1n) is 6.69. The highest BCUT2D eigenvalue weighted by molar-refractivity contribution is 6.32. The van der Waals surface area contributed by atoms with Gasteiger partial charge in [-0.25, -0.2) is 4.39 Å². The van der Waals surface area contributed by atoms with Crippen molar-refractivity contribution >= 4 is 29.1 Å². The van der Waals surface area contributed by atoms with Crippen LogP contribution in [0.15, 0.2) is 42.5 Å². The van der Waals surface area contributed by atoms with Gasteiger partial charge in [0.05, 0.1) is 5.02 Å². The zero-order valence-corrected chi connectivity index (χ0v) is 12.9. The standard InChI is InChI=1S/C16H14ClFN2O3/c1-9(23-14-7-4-11(18)8-13(14)17)16(22)20-12-5-2-10(3-6-12)15(19)21/h2-9H,1H3,(H2,19,21)(H,20,22). The van der Waals surface area contributed by atoms with Crippen molar-refractivity contribution in [1.29, 1.82) is 0 Å². The van der Waals surface area contributed by atoms with Crippen LogP contribution in [-0.2, 0) is 4.79 Å². The molecule has 0 aliphatic rings. The van der Waals surface area contributed by atoms with Crippen LogP contribution < -0.4 is 15.8 Å². The summed E-state index contributed by atoms with van der Waals surface area (Å²) in [6.07, 6.45) is -0.853. The predicted molar refractivity (Wildman–Crippen MR) is 85.1 cm³/mol. The number of primary amides is 1. The highest BCUT2D eigenvalue weighted by Crippen LogP contribution is 2.26. The number of carbonyl (C=O) groups excluding carboxylic acids is 2. The zero-order valence-electron chi connectivity index (χ0n) is 12.2. The minimum Gasteiger partial charge on any atom is -0.479 e. The summed E-state index contributed by atoms with van der Waals surface area (Å²) >= 11 is 5.85. The number of rotatable bonds is 5. The first-order valence-corrected chi connectivity index (χ1v) is 7.07. The van der Waals surface area contributed by atoms with Crippen LogP contribution in [0, 0.1) is 5.82 Å². The van der Waals surface area contributed by atoms with Crippen molar-refractivity contribution in [1.82, 2.24) is 0 Å². The van der Waals surface area contributed by atoms with Crippen LogP contribution in [0.25, 0.3) is 0 Å². The molecule has 2 amide bonds. The lowest BCUT2D eigenvalue weighted by Crippen LogP contribution is -2.30. The average Bonchev–Trinajstić information content (AvgIpc) is 2.50. The molecule has 1 unspecified atom stereocenters. The Labute approximate surface area is 137 Å². The van der Waals surface area contributed by atoms with Gasteiger partial charge in [-0.15, -0.1) is 0 Å². The zero-order chi connectivity index (χ0) is 17.0. The first kappa shape index (κ1) is 16.8. The number of carbonyl (C=O) groups is 2. The average molecular weight is 337 g/mol. The van der Waals surface area contributed by atoms with Crippen molar-refractivity contribution < 1.29 is 18.7 Å². The van der Waals surface area contributed by atoms with E-state index in [1.165, 1.54) is 31.2 Å². The maximum Gasteiger partial charge on any atom is 0.265 e. The SMILES string of the molecule is CC(Oc1ccc(F)cc1Cl)C(=O)Nc1ccc(C(N)=O)cc1. The quantitative estimate of drug-likeness (QED) is 0.880. The Hall–Kier alpha value is -2.60. The molecule has 1 atom stereocenters. The van der Waals surface area contributed by atoms with Gasteiger partial charge in [0.2, 0.25) is 5.91 Å². The largest absolute Gasteiger partial charge is 0.479 e. The summed E-state index contributed by atoms with van der Waals surface area (Å²) in [4.78, 5) is 23.0. The number of benzene rings is 2. The van der Waals surface area contributed by atoms with Gasteiger partial charge >= 0.3 is 0 Å². The third kappa shape index (κ3) is 4.43. The lowest BCUT2D eigenvalue weighted by atomic mass is 10.2. The number of ether oxygens (including phenoxy) is 1. The third-order valence-corrected chi connectivity index (χ3v) is 3.30. The van der Waals surface area contributed by atoms with E-state index in [1.54, 1.807) is 12.1 Å². The van der Waals surface area contributed by atoms with E-state index in [0.717, 1.165) is 6.07 Å². The maximum absolute atomic E-state index is 13.0. The summed E-state index contributed by atoms with van der Waals surface area (Å²) in [5, 5.41) is 2.70. The molecule has 0 fully saturated rings. The predicted octanol–water partition coefficient (Wildman–Crippen LogP) is 2.98. The Bertz CT molecular complexity index is 735. The van der Waals surface area contributed by atoms with E-state index in [2.05, 4.69) is 5.32 Å².